The van der Waals surface area contributed by atoms with E-state index in [1.807, 2.05) is 18.2 Å². The molecule has 0 aromatic heterocycles. The highest BCUT2D eigenvalue weighted by Crippen LogP contribution is 2.35. The number of nitrogens with zero attached hydrogens (tertiary/aromatic N) is 1. The molecule has 1 aromatic rings. The fourth-order valence-corrected chi connectivity index (χ4v) is 3.50. The summed E-state index contributed by atoms with van der Waals surface area (Å²) >= 11 is 0. The first-order chi connectivity index (χ1) is 10.7. The minimum atomic E-state index is 0.309. The maximum Gasteiger partial charge on any atom is 0.231 e. The Morgan fingerprint density at radius 1 is 1.18 bits per heavy atom. The smallest absolute Gasteiger partial charge is 0.231 e. The van der Waals surface area contributed by atoms with Crippen LogP contribution in [0, 0.1) is 0 Å². The fraction of sp³-hybridized carbons (Fsp3) is 0.667. The molecular formula is C18H27NO3. The predicted molar refractivity (Wildman–Crippen MR) is 86.8 cm³/mol. The molecule has 0 unspecified atom stereocenters. The zero-order valence-electron chi connectivity index (χ0n) is 13.7. The molecule has 0 amide bonds. The Labute approximate surface area is 133 Å². The van der Waals surface area contributed by atoms with Crippen molar-refractivity contribution in [3.8, 4) is 17.2 Å². The Balaban J connectivity index is 1.44. The zero-order valence-corrected chi connectivity index (χ0v) is 13.7. The molecule has 0 saturated heterocycles. The molecule has 0 N–H and O–H groups in total. The second-order valence-corrected chi connectivity index (χ2v) is 6.49. The van der Waals surface area contributed by atoms with E-state index < -0.39 is 0 Å². The average Bonchev–Trinajstić information content (AvgIpc) is 3.17. The van der Waals surface area contributed by atoms with Crippen LogP contribution >= 0.6 is 0 Å². The van der Waals surface area contributed by atoms with Crippen molar-refractivity contribution in [2.24, 2.45) is 0 Å². The number of rotatable bonds is 7. The van der Waals surface area contributed by atoms with Gasteiger partial charge in [0.05, 0.1) is 6.61 Å². The van der Waals surface area contributed by atoms with Gasteiger partial charge >= 0.3 is 0 Å². The minimum absolute atomic E-state index is 0.309. The molecule has 122 valence electrons. The van der Waals surface area contributed by atoms with E-state index in [4.69, 9.17) is 14.2 Å². The van der Waals surface area contributed by atoms with Crippen LogP contribution < -0.4 is 14.2 Å². The van der Waals surface area contributed by atoms with Crippen molar-refractivity contribution in [2.45, 2.75) is 58.0 Å². The van der Waals surface area contributed by atoms with Crippen LogP contribution in [0.4, 0.5) is 0 Å². The van der Waals surface area contributed by atoms with Gasteiger partial charge in [0.2, 0.25) is 6.79 Å². The van der Waals surface area contributed by atoms with Gasteiger partial charge in [-0.25, -0.2) is 0 Å². The molecule has 3 rings (SSSR count). The summed E-state index contributed by atoms with van der Waals surface area (Å²) in [4.78, 5) is 2.65. The summed E-state index contributed by atoms with van der Waals surface area (Å²) in [5.41, 5.74) is 0. The Morgan fingerprint density at radius 2 is 1.95 bits per heavy atom. The van der Waals surface area contributed by atoms with Gasteiger partial charge in [0.1, 0.15) is 5.75 Å². The molecule has 1 aliphatic heterocycles. The summed E-state index contributed by atoms with van der Waals surface area (Å²) in [6.07, 6.45) is 6.56. The number of ether oxygens (including phenoxy) is 3. The van der Waals surface area contributed by atoms with Gasteiger partial charge in [-0.15, -0.1) is 0 Å². The predicted octanol–water partition coefficient (Wildman–Crippen LogP) is 3.84. The van der Waals surface area contributed by atoms with Crippen LogP contribution in [0.3, 0.4) is 0 Å². The largest absolute Gasteiger partial charge is 0.493 e. The molecule has 0 radical (unpaired) electrons. The summed E-state index contributed by atoms with van der Waals surface area (Å²) in [7, 11) is 0. The molecule has 1 saturated carbocycles. The van der Waals surface area contributed by atoms with Gasteiger partial charge in [0.15, 0.2) is 11.5 Å². The summed E-state index contributed by atoms with van der Waals surface area (Å²) in [6, 6.07) is 7.18. The first-order valence-corrected chi connectivity index (χ1v) is 8.52. The lowest BCUT2D eigenvalue weighted by Crippen LogP contribution is -2.40. The van der Waals surface area contributed by atoms with E-state index in [2.05, 4.69) is 18.7 Å². The van der Waals surface area contributed by atoms with Crippen molar-refractivity contribution in [1.82, 2.24) is 4.90 Å². The second kappa shape index (κ2) is 7.23. The molecule has 0 spiro atoms. The molecular weight excluding hydrogens is 278 g/mol. The van der Waals surface area contributed by atoms with Crippen molar-refractivity contribution in [1.29, 1.82) is 0 Å². The number of hydrogen-bond acceptors (Lipinski definition) is 4. The third-order valence-corrected chi connectivity index (χ3v) is 4.63. The highest BCUT2D eigenvalue weighted by atomic mass is 16.7. The van der Waals surface area contributed by atoms with E-state index in [0.29, 0.717) is 12.8 Å². The van der Waals surface area contributed by atoms with Gasteiger partial charge in [-0.2, -0.15) is 0 Å². The van der Waals surface area contributed by atoms with Crippen LogP contribution in [-0.4, -0.2) is 36.9 Å². The van der Waals surface area contributed by atoms with E-state index in [1.54, 1.807) is 0 Å². The van der Waals surface area contributed by atoms with E-state index in [1.165, 1.54) is 25.7 Å². The second-order valence-electron chi connectivity index (χ2n) is 6.49. The van der Waals surface area contributed by atoms with E-state index >= 15 is 0 Å². The summed E-state index contributed by atoms with van der Waals surface area (Å²) in [5.74, 6) is 2.45. The molecule has 2 aliphatic rings. The summed E-state index contributed by atoms with van der Waals surface area (Å²) < 4.78 is 16.5. The maximum atomic E-state index is 5.86. The third-order valence-electron chi connectivity index (χ3n) is 4.63. The number of benzene rings is 1. The zero-order chi connectivity index (χ0) is 15.4. The normalized spacial score (nSPS) is 17.6. The lowest BCUT2D eigenvalue weighted by molar-refractivity contribution is 0.142. The lowest BCUT2D eigenvalue weighted by atomic mass is 10.1. The first kappa shape index (κ1) is 15.5. The summed E-state index contributed by atoms with van der Waals surface area (Å²) in [6.45, 7) is 6.78. The van der Waals surface area contributed by atoms with Gasteiger partial charge in [-0.3, -0.25) is 4.90 Å². The van der Waals surface area contributed by atoms with E-state index in [9.17, 15) is 0 Å². The Bertz CT molecular complexity index is 483. The van der Waals surface area contributed by atoms with Gasteiger partial charge in [0.25, 0.3) is 0 Å². The monoisotopic (exact) mass is 305 g/mol. The van der Waals surface area contributed by atoms with Crippen molar-refractivity contribution < 1.29 is 14.2 Å². The van der Waals surface area contributed by atoms with Gasteiger partial charge in [-0.05, 0) is 45.2 Å². The quantitative estimate of drug-likeness (QED) is 0.716. The fourth-order valence-electron chi connectivity index (χ4n) is 3.50. The highest BCUT2D eigenvalue weighted by molar-refractivity contribution is 5.46. The standard InChI is InChI=1S/C18H27NO3/c1-14(2)19(15-6-3-4-7-15)10-5-11-20-16-8-9-17-18(12-16)22-13-21-17/h8-9,12,14-15H,3-7,10-11,13H2,1-2H3. The van der Waals surface area contributed by atoms with E-state index in [0.717, 1.165) is 42.9 Å². The van der Waals surface area contributed by atoms with Gasteiger partial charge in [0, 0.05) is 24.7 Å². The van der Waals surface area contributed by atoms with Gasteiger partial charge in [-0.1, -0.05) is 12.8 Å². The molecule has 4 heteroatoms. The topological polar surface area (TPSA) is 30.9 Å². The molecule has 1 heterocycles. The highest BCUT2D eigenvalue weighted by Gasteiger charge is 2.24. The lowest BCUT2D eigenvalue weighted by Gasteiger charge is -2.32. The van der Waals surface area contributed by atoms with E-state index in [-0.39, 0.29) is 0 Å². The number of fused-ring (bicyclic) bond motifs is 1. The summed E-state index contributed by atoms with van der Waals surface area (Å²) in [5, 5.41) is 0. The molecule has 1 aliphatic carbocycles. The first-order valence-electron chi connectivity index (χ1n) is 8.52. The minimum Gasteiger partial charge on any atom is -0.493 e. The Morgan fingerprint density at radius 3 is 2.73 bits per heavy atom. The van der Waals surface area contributed by atoms with Crippen LogP contribution in [0.1, 0.15) is 46.0 Å². The Kier molecular flexibility index (Phi) is 5.08. The molecule has 1 aromatic carbocycles. The molecule has 0 bridgehead atoms. The van der Waals surface area contributed by atoms with Crippen LogP contribution in [-0.2, 0) is 0 Å². The van der Waals surface area contributed by atoms with Crippen LogP contribution in [0.25, 0.3) is 0 Å². The molecule has 4 nitrogen and oxygen atoms in total. The van der Waals surface area contributed by atoms with Gasteiger partial charge < -0.3 is 14.2 Å². The SMILES string of the molecule is CC(C)N(CCCOc1ccc2c(c1)OCO2)C1CCCC1. The van der Waals surface area contributed by atoms with Crippen molar-refractivity contribution >= 4 is 0 Å². The van der Waals surface area contributed by atoms with Crippen LogP contribution in [0.5, 0.6) is 17.2 Å². The Hall–Kier alpha value is -1.42. The van der Waals surface area contributed by atoms with Crippen LogP contribution in [0.15, 0.2) is 18.2 Å². The average molecular weight is 305 g/mol. The van der Waals surface area contributed by atoms with Crippen molar-refractivity contribution in [2.75, 3.05) is 19.9 Å². The van der Waals surface area contributed by atoms with Crippen molar-refractivity contribution in [3.05, 3.63) is 18.2 Å². The molecule has 1 fully saturated rings. The molecule has 22 heavy (non-hydrogen) atoms. The molecule has 0 atom stereocenters. The maximum absolute atomic E-state index is 5.86. The van der Waals surface area contributed by atoms with Crippen LogP contribution in [0.2, 0.25) is 0 Å². The number of hydrogen-bond donors (Lipinski definition) is 0. The van der Waals surface area contributed by atoms with Crippen molar-refractivity contribution in [3.63, 3.8) is 0 Å². The third kappa shape index (κ3) is 3.67.